The highest BCUT2D eigenvalue weighted by molar-refractivity contribution is 7.89. The number of anilines is 1. The zero-order valence-electron chi connectivity index (χ0n) is 15.9. The monoisotopic (exact) mass is 391 g/mol. The number of hydrogen-bond acceptors (Lipinski definition) is 6. The lowest BCUT2D eigenvalue weighted by atomic mass is 10.1. The third kappa shape index (κ3) is 6.61. The van der Waals surface area contributed by atoms with Crippen LogP contribution in [0.4, 0.5) is 5.82 Å². The van der Waals surface area contributed by atoms with Gasteiger partial charge in [-0.05, 0) is 51.8 Å². The number of primary sulfonamides is 1. The zero-order chi connectivity index (χ0) is 20.2. The van der Waals surface area contributed by atoms with Crippen LogP contribution in [0.1, 0.15) is 42.6 Å². The Labute approximate surface area is 159 Å². The van der Waals surface area contributed by atoms with Crippen molar-refractivity contribution in [2.45, 2.75) is 44.6 Å². The van der Waals surface area contributed by atoms with Gasteiger partial charge in [0.1, 0.15) is 17.3 Å². The first-order valence-corrected chi connectivity index (χ1v) is 10.0. The number of aryl methyl sites for hydroxylation is 1. The van der Waals surface area contributed by atoms with Crippen molar-refractivity contribution < 1.29 is 13.2 Å². The Hall–Kier alpha value is -2.52. The minimum Gasteiger partial charge on any atom is -0.370 e. The van der Waals surface area contributed by atoms with Gasteiger partial charge in [0, 0.05) is 18.2 Å². The van der Waals surface area contributed by atoms with E-state index >= 15 is 0 Å². The van der Waals surface area contributed by atoms with Crippen LogP contribution in [0.25, 0.3) is 0 Å². The maximum absolute atomic E-state index is 12.3. The summed E-state index contributed by atoms with van der Waals surface area (Å²) in [5.41, 5.74) is 0.899. The average molecular weight is 391 g/mol. The Balaban J connectivity index is 2.00. The summed E-state index contributed by atoms with van der Waals surface area (Å²) in [4.78, 5) is 20.8. The largest absolute Gasteiger partial charge is 0.370 e. The van der Waals surface area contributed by atoms with Crippen LogP contribution in [-0.2, 0) is 16.4 Å². The minimum absolute atomic E-state index is 0.0835. The van der Waals surface area contributed by atoms with Gasteiger partial charge in [-0.25, -0.2) is 23.5 Å². The SMILES string of the molecule is Cc1nc(NCCc2ccc(S(N)(=O)=O)cc2)cc(C(=O)NC(C)(C)C)n1. The van der Waals surface area contributed by atoms with E-state index in [1.54, 1.807) is 25.1 Å². The molecule has 146 valence electrons. The molecule has 4 N–H and O–H groups in total. The molecule has 9 heteroatoms. The summed E-state index contributed by atoms with van der Waals surface area (Å²) in [6.07, 6.45) is 0.650. The Kier molecular flexibility index (Phi) is 6.17. The predicted octanol–water partition coefficient (Wildman–Crippen LogP) is 1.62. The molecule has 0 saturated carbocycles. The van der Waals surface area contributed by atoms with E-state index in [4.69, 9.17) is 5.14 Å². The molecule has 0 unspecified atom stereocenters. The molecule has 0 bridgehead atoms. The number of amides is 1. The fourth-order valence-electron chi connectivity index (χ4n) is 2.36. The molecule has 0 radical (unpaired) electrons. The fourth-order valence-corrected chi connectivity index (χ4v) is 2.88. The third-order valence-electron chi connectivity index (χ3n) is 3.53. The van der Waals surface area contributed by atoms with Gasteiger partial charge in [-0.2, -0.15) is 0 Å². The summed E-state index contributed by atoms with van der Waals surface area (Å²) < 4.78 is 22.5. The van der Waals surface area contributed by atoms with E-state index in [9.17, 15) is 13.2 Å². The summed E-state index contributed by atoms with van der Waals surface area (Å²) in [5, 5.41) is 11.1. The van der Waals surface area contributed by atoms with Gasteiger partial charge in [-0.1, -0.05) is 12.1 Å². The second-order valence-corrected chi connectivity index (χ2v) is 8.82. The van der Waals surface area contributed by atoms with Crippen molar-refractivity contribution >= 4 is 21.7 Å². The number of aromatic nitrogens is 2. The molecule has 2 aromatic rings. The number of hydrogen-bond donors (Lipinski definition) is 3. The number of nitrogens with zero attached hydrogens (tertiary/aromatic N) is 2. The van der Waals surface area contributed by atoms with Gasteiger partial charge in [-0.15, -0.1) is 0 Å². The lowest BCUT2D eigenvalue weighted by Crippen LogP contribution is -2.41. The van der Waals surface area contributed by atoms with E-state index in [1.165, 1.54) is 12.1 Å². The van der Waals surface area contributed by atoms with Crippen LogP contribution in [0.3, 0.4) is 0 Å². The number of nitrogens with two attached hydrogens (primary N) is 1. The summed E-state index contributed by atoms with van der Waals surface area (Å²) in [6.45, 7) is 7.99. The average Bonchev–Trinajstić information content (AvgIpc) is 2.52. The molecule has 0 aliphatic heterocycles. The molecule has 2 rings (SSSR count). The molecule has 0 saturated heterocycles. The van der Waals surface area contributed by atoms with E-state index in [-0.39, 0.29) is 16.3 Å². The maximum Gasteiger partial charge on any atom is 0.270 e. The summed E-state index contributed by atoms with van der Waals surface area (Å²) in [5.74, 6) is 0.800. The Morgan fingerprint density at radius 1 is 1.15 bits per heavy atom. The molecule has 8 nitrogen and oxygen atoms in total. The van der Waals surface area contributed by atoms with Gasteiger partial charge in [0.2, 0.25) is 10.0 Å². The topological polar surface area (TPSA) is 127 Å². The van der Waals surface area contributed by atoms with Crippen LogP contribution in [0.2, 0.25) is 0 Å². The Morgan fingerprint density at radius 2 is 1.78 bits per heavy atom. The van der Waals surface area contributed by atoms with Gasteiger partial charge in [0.25, 0.3) is 5.91 Å². The Bertz CT molecular complexity index is 919. The lowest BCUT2D eigenvalue weighted by molar-refractivity contribution is 0.0914. The number of sulfonamides is 1. The molecule has 27 heavy (non-hydrogen) atoms. The van der Waals surface area contributed by atoms with Crippen LogP contribution in [0.15, 0.2) is 35.2 Å². The molecule has 0 fully saturated rings. The van der Waals surface area contributed by atoms with E-state index in [2.05, 4.69) is 20.6 Å². The molecule has 1 heterocycles. The molecule has 0 atom stereocenters. The second kappa shape index (κ2) is 8.01. The molecule has 1 aromatic heterocycles. The van der Waals surface area contributed by atoms with Gasteiger partial charge in [0.05, 0.1) is 4.90 Å². The summed E-state index contributed by atoms with van der Waals surface area (Å²) >= 11 is 0. The summed E-state index contributed by atoms with van der Waals surface area (Å²) in [7, 11) is -3.68. The first-order valence-electron chi connectivity index (χ1n) is 8.48. The van der Waals surface area contributed by atoms with Crippen molar-refractivity contribution in [3.05, 3.63) is 47.4 Å². The van der Waals surface area contributed by atoms with Crippen LogP contribution >= 0.6 is 0 Å². The Morgan fingerprint density at radius 3 is 2.33 bits per heavy atom. The standard InChI is InChI=1S/C18H25N5O3S/c1-12-21-15(17(24)23-18(2,3)4)11-16(22-12)20-10-9-13-5-7-14(8-6-13)27(19,25)26/h5-8,11H,9-10H2,1-4H3,(H,23,24)(H2,19,25,26)(H,20,21,22). The van der Waals surface area contributed by atoms with Crippen LogP contribution in [0, 0.1) is 6.92 Å². The highest BCUT2D eigenvalue weighted by Crippen LogP contribution is 2.11. The highest BCUT2D eigenvalue weighted by Gasteiger charge is 2.17. The normalized spacial score (nSPS) is 11.9. The first-order chi connectivity index (χ1) is 12.4. The van der Waals surface area contributed by atoms with E-state index in [0.717, 1.165) is 5.56 Å². The molecule has 0 aliphatic rings. The molecule has 1 amide bonds. The second-order valence-electron chi connectivity index (χ2n) is 7.26. The van der Waals surface area contributed by atoms with Crippen LogP contribution in [-0.4, -0.2) is 36.4 Å². The lowest BCUT2D eigenvalue weighted by Gasteiger charge is -2.20. The van der Waals surface area contributed by atoms with Gasteiger partial charge >= 0.3 is 0 Å². The number of carbonyl (C=O) groups excluding carboxylic acids is 1. The zero-order valence-corrected chi connectivity index (χ0v) is 16.7. The van der Waals surface area contributed by atoms with E-state index in [0.29, 0.717) is 30.3 Å². The molecule has 0 spiro atoms. The predicted molar refractivity (Wildman–Crippen MR) is 104 cm³/mol. The summed E-state index contributed by atoms with van der Waals surface area (Å²) in [6, 6.07) is 8.00. The van der Waals surface area contributed by atoms with Crippen molar-refractivity contribution in [1.29, 1.82) is 0 Å². The van der Waals surface area contributed by atoms with Crippen molar-refractivity contribution in [2.24, 2.45) is 5.14 Å². The van der Waals surface area contributed by atoms with Gasteiger partial charge in [0.15, 0.2) is 0 Å². The fraction of sp³-hybridized carbons (Fsp3) is 0.389. The third-order valence-corrected chi connectivity index (χ3v) is 4.46. The smallest absolute Gasteiger partial charge is 0.270 e. The molecule has 1 aromatic carbocycles. The van der Waals surface area contributed by atoms with Crippen LogP contribution in [0.5, 0.6) is 0 Å². The molecular formula is C18H25N5O3S. The van der Waals surface area contributed by atoms with Crippen molar-refractivity contribution in [1.82, 2.24) is 15.3 Å². The number of carbonyl (C=O) groups is 1. The highest BCUT2D eigenvalue weighted by atomic mass is 32.2. The van der Waals surface area contributed by atoms with Gasteiger partial charge < -0.3 is 10.6 Å². The molecular weight excluding hydrogens is 366 g/mol. The van der Waals surface area contributed by atoms with Gasteiger partial charge in [-0.3, -0.25) is 4.79 Å². The number of benzene rings is 1. The van der Waals surface area contributed by atoms with Crippen LogP contribution < -0.4 is 15.8 Å². The van der Waals surface area contributed by atoms with Crippen molar-refractivity contribution in [3.8, 4) is 0 Å². The van der Waals surface area contributed by atoms with Crippen molar-refractivity contribution in [2.75, 3.05) is 11.9 Å². The number of rotatable bonds is 6. The van der Waals surface area contributed by atoms with E-state index < -0.39 is 10.0 Å². The van der Waals surface area contributed by atoms with E-state index in [1.807, 2.05) is 20.8 Å². The first kappa shape index (κ1) is 20.8. The van der Waals surface area contributed by atoms with Crippen molar-refractivity contribution in [3.63, 3.8) is 0 Å². The quantitative estimate of drug-likeness (QED) is 0.687. The minimum atomic E-state index is -3.68. The maximum atomic E-state index is 12.3. The number of nitrogens with one attached hydrogen (secondary N) is 2. The molecule has 0 aliphatic carbocycles.